The van der Waals surface area contributed by atoms with Crippen LogP contribution >= 0.6 is 0 Å². The van der Waals surface area contributed by atoms with Gasteiger partial charge in [0.25, 0.3) is 0 Å². The molecule has 86 valence electrons. The molecular formula is C12H16N2O2. The van der Waals surface area contributed by atoms with Crippen molar-refractivity contribution in [1.82, 2.24) is 10.1 Å². The third kappa shape index (κ3) is 2.90. The topological polar surface area (TPSA) is 59.2 Å². The van der Waals surface area contributed by atoms with Crippen LogP contribution in [0.15, 0.2) is 28.8 Å². The summed E-state index contributed by atoms with van der Waals surface area (Å²) in [6.45, 7) is 5.76. The molecule has 0 atom stereocenters. The molecular weight excluding hydrogens is 204 g/mol. The average Bonchev–Trinajstić information content (AvgIpc) is 2.79. The van der Waals surface area contributed by atoms with Crippen molar-refractivity contribution < 1.29 is 9.63 Å². The Bertz CT molecular complexity index is 438. The summed E-state index contributed by atoms with van der Waals surface area (Å²) in [7, 11) is 0. The number of benzene rings is 1. The summed E-state index contributed by atoms with van der Waals surface area (Å²) in [6.07, 6.45) is 0. The minimum Gasteiger partial charge on any atom is -0.392 e. The molecule has 0 saturated carbocycles. The fourth-order valence-electron chi connectivity index (χ4n) is 1.23. The SMILES string of the molecule is CC.Cc1nc(-c2cccc(CO)c2)no1. The predicted octanol–water partition coefficient (Wildman–Crippen LogP) is 2.56. The molecule has 1 aromatic heterocycles. The zero-order valence-corrected chi connectivity index (χ0v) is 9.77. The Morgan fingerprint density at radius 1 is 1.31 bits per heavy atom. The van der Waals surface area contributed by atoms with Gasteiger partial charge in [0, 0.05) is 12.5 Å². The molecule has 0 aliphatic rings. The fourth-order valence-corrected chi connectivity index (χ4v) is 1.23. The van der Waals surface area contributed by atoms with Crippen molar-refractivity contribution in [1.29, 1.82) is 0 Å². The van der Waals surface area contributed by atoms with E-state index in [1.54, 1.807) is 6.92 Å². The van der Waals surface area contributed by atoms with Crippen molar-refractivity contribution in [3.8, 4) is 11.4 Å². The van der Waals surface area contributed by atoms with E-state index < -0.39 is 0 Å². The number of rotatable bonds is 2. The summed E-state index contributed by atoms with van der Waals surface area (Å²) in [5, 5.41) is 12.7. The van der Waals surface area contributed by atoms with E-state index in [0.717, 1.165) is 11.1 Å². The second-order valence-electron chi connectivity index (χ2n) is 3.00. The van der Waals surface area contributed by atoms with Crippen LogP contribution < -0.4 is 0 Å². The van der Waals surface area contributed by atoms with Crippen molar-refractivity contribution in [2.75, 3.05) is 0 Å². The van der Waals surface area contributed by atoms with Crippen molar-refractivity contribution in [2.24, 2.45) is 0 Å². The normalized spacial score (nSPS) is 9.50. The zero-order valence-electron chi connectivity index (χ0n) is 9.77. The smallest absolute Gasteiger partial charge is 0.223 e. The summed E-state index contributed by atoms with van der Waals surface area (Å²) in [5.41, 5.74) is 1.69. The molecule has 4 nitrogen and oxygen atoms in total. The molecule has 0 aliphatic heterocycles. The Morgan fingerprint density at radius 2 is 2.06 bits per heavy atom. The summed E-state index contributed by atoms with van der Waals surface area (Å²) >= 11 is 0. The van der Waals surface area contributed by atoms with Crippen LogP contribution in [0.25, 0.3) is 11.4 Å². The molecule has 0 saturated heterocycles. The maximum atomic E-state index is 8.95. The van der Waals surface area contributed by atoms with Gasteiger partial charge in [-0.25, -0.2) is 0 Å². The first-order valence-corrected chi connectivity index (χ1v) is 5.30. The van der Waals surface area contributed by atoms with E-state index >= 15 is 0 Å². The second kappa shape index (κ2) is 6.02. The highest BCUT2D eigenvalue weighted by atomic mass is 16.5. The number of aryl methyl sites for hydroxylation is 1. The van der Waals surface area contributed by atoms with E-state index in [4.69, 9.17) is 9.63 Å². The standard InChI is InChI=1S/C10H10N2O2.C2H6/c1-7-11-10(12-14-7)9-4-2-3-8(5-9)6-13;1-2/h2-5,13H,6H2,1H3;1-2H3. The van der Waals surface area contributed by atoms with Crippen LogP contribution in [0.4, 0.5) is 0 Å². The molecule has 0 bridgehead atoms. The lowest BCUT2D eigenvalue weighted by atomic mass is 10.1. The van der Waals surface area contributed by atoms with Crippen LogP contribution in [0.5, 0.6) is 0 Å². The zero-order chi connectivity index (χ0) is 12.0. The number of aliphatic hydroxyl groups is 1. The first-order chi connectivity index (χ1) is 7.79. The number of aliphatic hydroxyl groups excluding tert-OH is 1. The van der Waals surface area contributed by atoms with Gasteiger partial charge >= 0.3 is 0 Å². The Hall–Kier alpha value is -1.68. The van der Waals surface area contributed by atoms with Crippen LogP contribution in [-0.4, -0.2) is 15.2 Å². The van der Waals surface area contributed by atoms with Gasteiger partial charge in [-0.15, -0.1) is 0 Å². The highest BCUT2D eigenvalue weighted by Gasteiger charge is 2.05. The Balaban J connectivity index is 0.000000606. The van der Waals surface area contributed by atoms with Crippen molar-refractivity contribution in [2.45, 2.75) is 27.4 Å². The van der Waals surface area contributed by atoms with Gasteiger partial charge in [0.2, 0.25) is 11.7 Å². The molecule has 2 aromatic rings. The molecule has 0 radical (unpaired) electrons. The first kappa shape index (κ1) is 12.4. The summed E-state index contributed by atoms with van der Waals surface area (Å²) in [5.74, 6) is 1.09. The highest BCUT2D eigenvalue weighted by molar-refractivity contribution is 5.55. The van der Waals surface area contributed by atoms with Gasteiger partial charge in [-0.3, -0.25) is 0 Å². The fraction of sp³-hybridized carbons (Fsp3) is 0.333. The average molecular weight is 220 g/mol. The molecule has 0 unspecified atom stereocenters. The molecule has 1 aromatic carbocycles. The van der Waals surface area contributed by atoms with E-state index in [-0.39, 0.29) is 6.61 Å². The van der Waals surface area contributed by atoms with Gasteiger partial charge in [0.05, 0.1) is 6.61 Å². The van der Waals surface area contributed by atoms with Gasteiger partial charge in [-0.05, 0) is 11.6 Å². The molecule has 0 aliphatic carbocycles. The van der Waals surface area contributed by atoms with Gasteiger partial charge in [0.15, 0.2) is 0 Å². The van der Waals surface area contributed by atoms with E-state index in [0.29, 0.717) is 11.7 Å². The maximum Gasteiger partial charge on any atom is 0.223 e. The molecule has 16 heavy (non-hydrogen) atoms. The second-order valence-corrected chi connectivity index (χ2v) is 3.00. The van der Waals surface area contributed by atoms with Crippen molar-refractivity contribution in [3.05, 3.63) is 35.7 Å². The minimum absolute atomic E-state index is 0.0185. The number of hydrogen-bond acceptors (Lipinski definition) is 4. The van der Waals surface area contributed by atoms with Crippen molar-refractivity contribution in [3.63, 3.8) is 0 Å². The van der Waals surface area contributed by atoms with E-state index in [9.17, 15) is 0 Å². The Labute approximate surface area is 94.9 Å². The Morgan fingerprint density at radius 3 is 2.62 bits per heavy atom. The summed E-state index contributed by atoms with van der Waals surface area (Å²) < 4.78 is 4.87. The largest absolute Gasteiger partial charge is 0.392 e. The lowest BCUT2D eigenvalue weighted by molar-refractivity contribution is 0.282. The summed E-state index contributed by atoms with van der Waals surface area (Å²) in [4.78, 5) is 4.10. The third-order valence-corrected chi connectivity index (χ3v) is 1.90. The monoisotopic (exact) mass is 220 g/mol. The van der Waals surface area contributed by atoms with Crippen LogP contribution in [0.2, 0.25) is 0 Å². The molecule has 2 rings (SSSR count). The lowest BCUT2D eigenvalue weighted by Gasteiger charge is -1.97. The van der Waals surface area contributed by atoms with Crippen LogP contribution in [-0.2, 0) is 6.61 Å². The molecule has 4 heteroatoms. The lowest BCUT2D eigenvalue weighted by Crippen LogP contribution is -1.85. The number of nitrogens with zero attached hydrogens (tertiary/aromatic N) is 2. The van der Waals surface area contributed by atoms with Gasteiger partial charge in [-0.1, -0.05) is 37.2 Å². The van der Waals surface area contributed by atoms with Gasteiger partial charge < -0.3 is 9.63 Å². The minimum atomic E-state index is 0.0185. The molecule has 1 N–H and O–H groups in total. The Kier molecular flexibility index (Phi) is 4.66. The molecule has 0 spiro atoms. The number of hydrogen-bond donors (Lipinski definition) is 1. The van der Waals surface area contributed by atoms with Crippen LogP contribution in [0.1, 0.15) is 25.3 Å². The van der Waals surface area contributed by atoms with Crippen LogP contribution in [0.3, 0.4) is 0 Å². The highest BCUT2D eigenvalue weighted by Crippen LogP contribution is 2.16. The first-order valence-electron chi connectivity index (χ1n) is 5.30. The molecule has 1 heterocycles. The van der Waals surface area contributed by atoms with E-state index in [1.165, 1.54) is 0 Å². The van der Waals surface area contributed by atoms with E-state index in [2.05, 4.69) is 10.1 Å². The van der Waals surface area contributed by atoms with E-state index in [1.807, 2.05) is 38.1 Å². The third-order valence-electron chi connectivity index (χ3n) is 1.90. The van der Waals surface area contributed by atoms with Crippen LogP contribution in [0, 0.1) is 6.92 Å². The van der Waals surface area contributed by atoms with Crippen molar-refractivity contribution >= 4 is 0 Å². The maximum absolute atomic E-state index is 8.95. The summed E-state index contributed by atoms with van der Waals surface area (Å²) in [6, 6.07) is 7.41. The quantitative estimate of drug-likeness (QED) is 0.845. The van der Waals surface area contributed by atoms with Gasteiger partial charge in [0.1, 0.15) is 0 Å². The number of aromatic nitrogens is 2. The molecule has 0 amide bonds. The molecule has 0 fully saturated rings. The van der Waals surface area contributed by atoms with Gasteiger partial charge in [-0.2, -0.15) is 4.98 Å². The predicted molar refractivity (Wildman–Crippen MR) is 61.7 cm³/mol.